The number of pyridine rings is 1. The maximum absolute atomic E-state index is 13.5. The molecular weight excluding hydrogens is 470 g/mol. The summed E-state index contributed by atoms with van der Waals surface area (Å²) in [5.74, 6) is -0.00466. The number of anilines is 2. The smallest absolute Gasteiger partial charge is 0.359 e. The monoisotopic (exact) mass is 499 g/mol. The molecule has 9 heteroatoms. The molecule has 0 bridgehead atoms. The van der Waals surface area contributed by atoms with E-state index in [1.54, 1.807) is 68.6 Å². The Labute approximate surface area is 215 Å². The van der Waals surface area contributed by atoms with Crippen molar-refractivity contribution in [1.29, 1.82) is 0 Å². The summed E-state index contributed by atoms with van der Waals surface area (Å²) >= 11 is 0. The Bertz CT molecular complexity index is 1390. The lowest BCUT2D eigenvalue weighted by atomic mass is 10.2. The van der Waals surface area contributed by atoms with Gasteiger partial charge in [0, 0.05) is 26.0 Å². The van der Waals surface area contributed by atoms with Gasteiger partial charge in [0.2, 0.25) is 11.8 Å². The van der Waals surface area contributed by atoms with Crippen molar-refractivity contribution in [3.8, 4) is 17.3 Å². The highest BCUT2D eigenvalue weighted by atomic mass is 16.6. The van der Waals surface area contributed by atoms with Crippen LogP contribution >= 0.6 is 0 Å². The van der Waals surface area contributed by atoms with Gasteiger partial charge in [-0.1, -0.05) is 36.4 Å². The second-order valence-corrected chi connectivity index (χ2v) is 9.40. The number of nitrogens with zero attached hydrogens (tertiary/aromatic N) is 4. The Morgan fingerprint density at radius 3 is 2.19 bits per heavy atom. The van der Waals surface area contributed by atoms with E-state index in [-0.39, 0.29) is 23.0 Å². The largest absolute Gasteiger partial charge is 0.455 e. The molecule has 2 aromatic carbocycles. The van der Waals surface area contributed by atoms with Crippen LogP contribution in [-0.2, 0) is 4.74 Å². The number of nitrogens with one attached hydrogen (secondary N) is 1. The highest BCUT2D eigenvalue weighted by Crippen LogP contribution is 2.30. The van der Waals surface area contributed by atoms with Crippen LogP contribution in [0.5, 0.6) is 11.6 Å². The number of hydrogen-bond acceptors (Lipinski definition) is 7. The zero-order valence-corrected chi connectivity index (χ0v) is 21.4. The molecule has 0 fully saturated rings. The summed E-state index contributed by atoms with van der Waals surface area (Å²) in [6.07, 6.45) is 1.54. The molecule has 0 unspecified atom stereocenters. The van der Waals surface area contributed by atoms with Gasteiger partial charge in [0.1, 0.15) is 16.9 Å². The summed E-state index contributed by atoms with van der Waals surface area (Å²) in [7, 11) is 3.61. The number of aromatic nitrogens is 3. The third kappa shape index (κ3) is 5.95. The summed E-state index contributed by atoms with van der Waals surface area (Å²) in [5, 5.41) is 2.79. The number of rotatable bonds is 7. The number of imidazole rings is 1. The van der Waals surface area contributed by atoms with Crippen molar-refractivity contribution < 1.29 is 19.1 Å². The fraction of sp³-hybridized carbons (Fsp3) is 0.214. The van der Waals surface area contributed by atoms with E-state index in [0.717, 1.165) is 0 Å². The predicted octanol–water partition coefficient (Wildman–Crippen LogP) is 5.33. The quantitative estimate of drug-likeness (QED) is 0.343. The Kier molecular flexibility index (Phi) is 7.24. The van der Waals surface area contributed by atoms with Crippen LogP contribution in [0.25, 0.3) is 5.69 Å². The Morgan fingerprint density at radius 2 is 1.57 bits per heavy atom. The summed E-state index contributed by atoms with van der Waals surface area (Å²) in [4.78, 5) is 37.5. The fourth-order valence-corrected chi connectivity index (χ4v) is 3.55. The van der Waals surface area contributed by atoms with E-state index in [2.05, 4.69) is 15.3 Å². The molecule has 0 aliphatic carbocycles. The van der Waals surface area contributed by atoms with Gasteiger partial charge in [-0.05, 0) is 57.2 Å². The molecule has 0 aliphatic heterocycles. The number of ether oxygens (including phenoxy) is 2. The Morgan fingerprint density at radius 1 is 0.919 bits per heavy atom. The molecular formula is C28H29N5O4. The standard InChI is InChI=1S/C28H29N5O4/c1-28(2,3)37-26(35)22-23(31-27(32(4)5)33(22)19-13-8-6-9-14-19)30-24(34)21-17-12-18-29-25(21)36-20-15-10-7-11-16-20/h6-18H,1-5H3,(H,30,34). The average Bonchev–Trinajstić information content (AvgIpc) is 3.24. The summed E-state index contributed by atoms with van der Waals surface area (Å²) < 4.78 is 13.2. The maximum atomic E-state index is 13.5. The van der Waals surface area contributed by atoms with Crippen molar-refractivity contribution in [2.24, 2.45) is 0 Å². The van der Waals surface area contributed by atoms with E-state index in [1.165, 1.54) is 6.20 Å². The molecule has 1 N–H and O–H groups in total. The Balaban J connectivity index is 1.78. The lowest BCUT2D eigenvalue weighted by molar-refractivity contribution is 0.00619. The highest BCUT2D eigenvalue weighted by Gasteiger charge is 2.31. The van der Waals surface area contributed by atoms with Crippen LogP contribution in [0.2, 0.25) is 0 Å². The van der Waals surface area contributed by atoms with Crippen molar-refractivity contribution in [2.75, 3.05) is 24.3 Å². The minimum Gasteiger partial charge on any atom is -0.455 e. The number of carbonyl (C=O) groups is 2. The third-order valence-corrected chi connectivity index (χ3v) is 5.07. The van der Waals surface area contributed by atoms with Crippen LogP contribution in [0.15, 0.2) is 79.0 Å². The van der Waals surface area contributed by atoms with Crippen LogP contribution in [0.1, 0.15) is 41.6 Å². The van der Waals surface area contributed by atoms with Gasteiger partial charge in [-0.3, -0.25) is 9.36 Å². The second-order valence-electron chi connectivity index (χ2n) is 9.40. The summed E-state index contributed by atoms with van der Waals surface area (Å²) in [6, 6.07) is 21.6. The first-order valence-corrected chi connectivity index (χ1v) is 11.7. The van der Waals surface area contributed by atoms with Crippen molar-refractivity contribution in [1.82, 2.24) is 14.5 Å². The molecule has 37 heavy (non-hydrogen) atoms. The zero-order valence-electron chi connectivity index (χ0n) is 21.4. The van der Waals surface area contributed by atoms with Gasteiger partial charge >= 0.3 is 5.97 Å². The normalized spacial score (nSPS) is 11.1. The molecule has 0 spiro atoms. The van der Waals surface area contributed by atoms with Crippen LogP contribution in [0.4, 0.5) is 11.8 Å². The van der Waals surface area contributed by atoms with Crippen molar-refractivity contribution in [2.45, 2.75) is 26.4 Å². The molecule has 2 heterocycles. The number of amides is 1. The van der Waals surface area contributed by atoms with Gasteiger partial charge in [-0.25, -0.2) is 9.78 Å². The minimum absolute atomic E-state index is 0.0568. The number of hydrogen-bond donors (Lipinski definition) is 1. The van der Waals surface area contributed by atoms with Gasteiger partial charge in [-0.15, -0.1) is 0 Å². The summed E-state index contributed by atoms with van der Waals surface area (Å²) in [5.41, 5.74) is 0.201. The number of para-hydroxylation sites is 2. The van der Waals surface area contributed by atoms with Crippen LogP contribution in [0, 0.1) is 0 Å². The van der Waals surface area contributed by atoms with Crippen LogP contribution < -0.4 is 15.0 Å². The topological polar surface area (TPSA) is 98.6 Å². The molecule has 4 rings (SSSR count). The molecule has 0 aliphatic rings. The van der Waals surface area contributed by atoms with Crippen molar-refractivity contribution in [3.63, 3.8) is 0 Å². The van der Waals surface area contributed by atoms with Crippen molar-refractivity contribution >= 4 is 23.6 Å². The molecule has 190 valence electrons. The van der Waals surface area contributed by atoms with Gasteiger partial charge in [0.25, 0.3) is 5.91 Å². The van der Waals surface area contributed by atoms with Crippen LogP contribution in [-0.4, -0.2) is 46.1 Å². The number of benzene rings is 2. The first-order valence-electron chi connectivity index (χ1n) is 11.7. The van der Waals surface area contributed by atoms with Gasteiger partial charge in [-0.2, -0.15) is 4.98 Å². The fourth-order valence-electron chi connectivity index (χ4n) is 3.55. The molecule has 0 saturated carbocycles. The number of esters is 1. The zero-order chi connectivity index (χ0) is 26.6. The average molecular weight is 500 g/mol. The molecule has 0 saturated heterocycles. The van der Waals surface area contributed by atoms with Crippen molar-refractivity contribution in [3.05, 3.63) is 90.3 Å². The SMILES string of the molecule is CN(C)c1nc(NC(=O)c2cccnc2Oc2ccccc2)c(C(=O)OC(C)(C)C)n1-c1ccccc1. The van der Waals surface area contributed by atoms with Gasteiger partial charge in [0.05, 0.1) is 0 Å². The van der Waals surface area contributed by atoms with E-state index in [0.29, 0.717) is 17.4 Å². The second kappa shape index (κ2) is 10.5. The van der Waals surface area contributed by atoms with E-state index in [9.17, 15) is 9.59 Å². The lowest BCUT2D eigenvalue weighted by Crippen LogP contribution is -2.27. The molecule has 4 aromatic rings. The third-order valence-electron chi connectivity index (χ3n) is 5.07. The van der Waals surface area contributed by atoms with E-state index in [1.807, 2.05) is 48.5 Å². The number of carbonyl (C=O) groups excluding carboxylic acids is 2. The lowest BCUT2D eigenvalue weighted by Gasteiger charge is -2.21. The van der Waals surface area contributed by atoms with Gasteiger partial charge in [0.15, 0.2) is 11.5 Å². The predicted molar refractivity (Wildman–Crippen MR) is 142 cm³/mol. The van der Waals surface area contributed by atoms with E-state index < -0.39 is 17.5 Å². The molecule has 1 amide bonds. The highest BCUT2D eigenvalue weighted by molar-refractivity contribution is 6.08. The molecule has 0 radical (unpaired) electrons. The van der Waals surface area contributed by atoms with Crippen LogP contribution in [0.3, 0.4) is 0 Å². The van der Waals surface area contributed by atoms with Gasteiger partial charge < -0.3 is 19.7 Å². The minimum atomic E-state index is -0.761. The first kappa shape index (κ1) is 25.4. The van der Waals surface area contributed by atoms with E-state index >= 15 is 0 Å². The molecule has 2 aromatic heterocycles. The molecule has 9 nitrogen and oxygen atoms in total. The first-order chi connectivity index (χ1) is 17.6. The summed E-state index contributed by atoms with van der Waals surface area (Å²) in [6.45, 7) is 5.34. The Hall–Kier alpha value is -4.66. The maximum Gasteiger partial charge on any atom is 0.359 e. The molecule has 0 atom stereocenters. The van der Waals surface area contributed by atoms with E-state index in [4.69, 9.17) is 9.47 Å².